The highest BCUT2D eigenvalue weighted by Crippen LogP contribution is 2.28. The number of rotatable bonds is 3. The molecular weight excluding hydrogens is 372 g/mol. The SMILES string of the molecule is CC(C(=O)N1CCC(c2cc(Cl)ccc2O)=N1)c1ccc2nsnc2c1. The second-order valence-electron chi connectivity index (χ2n) is 6.15. The first-order valence-corrected chi connectivity index (χ1v) is 9.24. The van der Waals surface area contributed by atoms with E-state index in [0.29, 0.717) is 29.3 Å². The molecule has 26 heavy (non-hydrogen) atoms. The minimum atomic E-state index is -0.350. The maximum Gasteiger partial charge on any atom is 0.249 e. The van der Waals surface area contributed by atoms with Crippen molar-refractivity contribution in [3.63, 3.8) is 0 Å². The number of phenols is 1. The molecule has 132 valence electrons. The Labute approximate surface area is 159 Å². The summed E-state index contributed by atoms with van der Waals surface area (Å²) >= 11 is 7.16. The molecule has 0 spiro atoms. The van der Waals surface area contributed by atoms with E-state index in [0.717, 1.165) is 28.3 Å². The summed E-state index contributed by atoms with van der Waals surface area (Å²) in [6.07, 6.45) is 0.571. The summed E-state index contributed by atoms with van der Waals surface area (Å²) in [5.74, 6) is -0.335. The fourth-order valence-corrected chi connectivity index (χ4v) is 3.67. The van der Waals surface area contributed by atoms with Crippen LogP contribution in [0.5, 0.6) is 5.75 Å². The third-order valence-corrected chi connectivity index (χ3v) is 5.27. The van der Waals surface area contributed by atoms with Gasteiger partial charge in [0.25, 0.3) is 0 Å². The van der Waals surface area contributed by atoms with Gasteiger partial charge in [0.1, 0.15) is 16.8 Å². The zero-order chi connectivity index (χ0) is 18.3. The van der Waals surface area contributed by atoms with E-state index in [2.05, 4.69) is 13.8 Å². The van der Waals surface area contributed by atoms with Crippen LogP contribution >= 0.6 is 23.3 Å². The van der Waals surface area contributed by atoms with Crippen LogP contribution in [0.4, 0.5) is 0 Å². The van der Waals surface area contributed by atoms with Crippen molar-refractivity contribution < 1.29 is 9.90 Å². The van der Waals surface area contributed by atoms with Crippen LogP contribution in [0, 0.1) is 0 Å². The molecule has 0 fully saturated rings. The Kier molecular flexibility index (Phi) is 4.34. The number of aromatic hydroxyl groups is 1. The molecule has 4 rings (SSSR count). The van der Waals surface area contributed by atoms with E-state index >= 15 is 0 Å². The van der Waals surface area contributed by atoms with Crippen molar-refractivity contribution in [3.8, 4) is 5.75 Å². The number of hydrogen-bond acceptors (Lipinski definition) is 6. The molecule has 1 aliphatic rings. The van der Waals surface area contributed by atoms with Crippen LogP contribution < -0.4 is 0 Å². The quantitative estimate of drug-likeness (QED) is 0.742. The van der Waals surface area contributed by atoms with E-state index in [-0.39, 0.29) is 17.6 Å². The van der Waals surface area contributed by atoms with Gasteiger partial charge in [-0.2, -0.15) is 13.8 Å². The Bertz CT molecular complexity index is 1030. The number of benzene rings is 2. The smallest absolute Gasteiger partial charge is 0.249 e. The molecule has 1 amide bonds. The van der Waals surface area contributed by atoms with Crippen LogP contribution in [0.2, 0.25) is 5.02 Å². The number of hydrazone groups is 1. The van der Waals surface area contributed by atoms with Crippen molar-refractivity contribution in [1.82, 2.24) is 13.8 Å². The second kappa shape index (κ2) is 6.66. The van der Waals surface area contributed by atoms with Crippen molar-refractivity contribution in [2.24, 2.45) is 5.10 Å². The lowest BCUT2D eigenvalue weighted by atomic mass is 9.99. The first-order valence-electron chi connectivity index (χ1n) is 8.13. The van der Waals surface area contributed by atoms with Gasteiger partial charge in [0.15, 0.2) is 0 Å². The molecule has 3 aromatic rings. The second-order valence-corrected chi connectivity index (χ2v) is 7.12. The molecule has 2 aromatic carbocycles. The Balaban J connectivity index is 1.58. The van der Waals surface area contributed by atoms with Gasteiger partial charge in [-0.15, -0.1) is 0 Å². The van der Waals surface area contributed by atoms with Gasteiger partial charge in [-0.05, 0) is 42.8 Å². The van der Waals surface area contributed by atoms with Gasteiger partial charge in [-0.25, -0.2) is 5.01 Å². The number of aromatic nitrogens is 2. The summed E-state index contributed by atoms with van der Waals surface area (Å²) in [7, 11) is 0. The molecule has 1 aliphatic heterocycles. The molecule has 0 bridgehead atoms. The number of amides is 1. The number of hydrogen-bond donors (Lipinski definition) is 1. The Morgan fingerprint density at radius 1 is 1.23 bits per heavy atom. The molecule has 6 nitrogen and oxygen atoms in total. The largest absolute Gasteiger partial charge is 0.507 e. The zero-order valence-corrected chi connectivity index (χ0v) is 15.5. The third-order valence-electron chi connectivity index (χ3n) is 4.47. The summed E-state index contributed by atoms with van der Waals surface area (Å²) < 4.78 is 8.41. The number of halogens is 1. The Morgan fingerprint density at radius 2 is 2.04 bits per heavy atom. The van der Waals surface area contributed by atoms with Crippen LogP contribution in [0.15, 0.2) is 41.5 Å². The highest BCUT2D eigenvalue weighted by molar-refractivity contribution is 7.00. The maximum atomic E-state index is 12.8. The van der Waals surface area contributed by atoms with E-state index in [1.165, 1.54) is 11.1 Å². The van der Waals surface area contributed by atoms with E-state index in [1.807, 2.05) is 25.1 Å². The van der Waals surface area contributed by atoms with Crippen molar-refractivity contribution in [3.05, 3.63) is 52.5 Å². The summed E-state index contributed by atoms with van der Waals surface area (Å²) in [5.41, 5.74) is 3.72. The van der Waals surface area contributed by atoms with Gasteiger partial charge < -0.3 is 5.11 Å². The molecule has 1 N–H and O–H groups in total. The fourth-order valence-electron chi connectivity index (χ4n) is 2.98. The van der Waals surface area contributed by atoms with E-state index in [9.17, 15) is 9.90 Å². The highest BCUT2D eigenvalue weighted by atomic mass is 35.5. The van der Waals surface area contributed by atoms with Gasteiger partial charge in [0.05, 0.1) is 29.9 Å². The number of phenolic OH excluding ortho intramolecular Hbond substituents is 1. The summed E-state index contributed by atoms with van der Waals surface area (Å²) in [4.78, 5) is 12.8. The lowest BCUT2D eigenvalue weighted by molar-refractivity contribution is -0.131. The van der Waals surface area contributed by atoms with Crippen molar-refractivity contribution in [1.29, 1.82) is 0 Å². The van der Waals surface area contributed by atoms with Crippen molar-refractivity contribution in [2.75, 3.05) is 6.54 Å². The fraction of sp³-hybridized carbons (Fsp3) is 0.222. The normalized spacial score (nSPS) is 15.3. The summed E-state index contributed by atoms with van der Waals surface area (Å²) in [5, 5.41) is 16.4. The first kappa shape index (κ1) is 16.9. The zero-order valence-electron chi connectivity index (χ0n) is 13.9. The van der Waals surface area contributed by atoms with Gasteiger partial charge in [-0.3, -0.25) is 4.79 Å². The average Bonchev–Trinajstić information content (AvgIpc) is 3.31. The lowest BCUT2D eigenvalue weighted by Crippen LogP contribution is -2.28. The number of fused-ring (bicyclic) bond motifs is 1. The molecular formula is C18H15ClN4O2S. The van der Waals surface area contributed by atoms with Gasteiger partial charge in [0.2, 0.25) is 5.91 Å². The summed E-state index contributed by atoms with van der Waals surface area (Å²) in [6.45, 7) is 2.33. The average molecular weight is 387 g/mol. The van der Waals surface area contributed by atoms with Gasteiger partial charge in [-0.1, -0.05) is 17.7 Å². The predicted octanol–water partition coefficient (Wildman–Crippen LogP) is 3.79. The molecule has 1 unspecified atom stereocenters. The predicted molar refractivity (Wildman–Crippen MR) is 102 cm³/mol. The standard InChI is InChI=1S/C18H15ClN4O2S/c1-10(11-2-4-15-16(8-11)22-26-21-15)18(25)23-7-6-14(20-23)13-9-12(19)3-5-17(13)24/h2-5,8-10,24H,6-7H2,1H3. The highest BCUT2D eigenvalue weighted by Gasteiger charge is 2.27. The molecule has 8 heteroatoms. The molecule has 0 aliphatic carbocycles. The van der Waals surface area contributed by atoms with Crippen LogP contribution in [0.3, 0.4) is 0 Å². The van der Waals surface area contributed by atoms with E-state index in [1.54, 1.807) is 12.1 Å². The maximum absolute atomic E-state index is 12.8. The first-order chi connectivity index (χ1) is 12.5. The van der Waals surface area contributed by atoms with E-state index < -0.39 is 0 Å². The molecule has 2 heterocycles. The van der Waals surface area contributed by atoms with Gasteiger partial charge in [0, 0.05) is 17.0 Å². The monoisotopic (exact) mass is 386 g/mol. The number of carbonyl (C=O) groups excluding carboxylic acids is 1. The minimum absolute atomic E-state index is 0.0935. The van der Waals surface area contributed by atoms with Crippen LogP contribution in [-0.2, 0) is 4.79 Å². The molecule has 1 aromatic heterocycles. The molecule has 0 saturated heterocycles. The Hall–Kier alpha value is -2.51. The molecule has 1 atom stereocenters. The van der Waals surface area contributed by atoms with Crippen LogP contribution in [-0.4, -0.2) is 37.0 Å². The Morgan fingerprint density at radius 3 is 2.88 bits per heavy atom. The lowest BCUT2D eigenvalue weighted by Gasteiger charge is -2.17. The van der Waals surface area contributed by atoms with Crippen molar-refractivity contribution in [2.45, 2.75) is 19.3 Å². The summed E-state index contributed by atoms with van der Waals surface area (Å²) in [6, 6.07) is 10.5. The number of carbonyl (C=O) groups is 1. The van der Waals surface area contributed by atoms with E-state index in [4.69, 9.17) is 11.6 Å². The van der Waals surface area contributed by atoms with Gasteiger partial charge >= 0.3 is 0 Å². The van der Waals surface area contributed by atoms with Crippen LogP contribution in [0.25, 0.3) is 11.0 Å². The topological polar surface area (TPSA) is 78.7 Å². The third kappa shape index (κ3) is 3.04. The minimum Gasteiger partial charge on any atom is -0.507 e. The molecule has 0 saturated carbocycles. The molecule has 0 radical (unpaired) electrons. The van der Waals surface area contributed by atoms with Crippen LogP contribution in [0.1, 0.15) is 30.4 Å². The van der Waals surface area contributed by atoms with Crippen molar-refractivity contribution >= 4 is 46.0 Å². The number of nitrogens with zero attached hydrogens (tertiary/aromatic N) is 4.